The molecule has 0 aliphatic heterocycles. The van der Waals surface area contributed by atoms with Crippen molar-refractivity contribution in [3.63, 3.8) is 0 Å². The number of rotatable bonds is 4. The van der Waals surface area contributed by atoms with Crippen molar-refractivity contribution in [2.75, 3.05) is 0 Å². The Bertz CT molecular complexity index is 555. The van der Waals surface area contributed by atoms with Gasteiger partial charge in [-0.15, -0.1) is 0 Å². The third kappa shape index (κ3) is 3.37. The van der Waals surface area contributed by atoms with E-state index in [1.807, 2.05) is 0 Å². The van der Waals surface area contributed by atoms with E-state index in [1.165, 1.54) is 24.3 Å². The second-order valence-corrected chi connectivity index (χ2v) is 6.01. The minimum atomic E-state index is -0.442. The number of non-ortho nitro benzene ring substituents is 2. The zero-order valence-corrected chi connectivity index (χ0v) is 11.3. The molecule has 0 fully saturated rings. The zero-order chi connectivity index (χ0) is 13.8. The number of nitrogens with zero attached hydrogens (tertiary/aromatic N) is 2. The van der Waals surface area contributed by atoms with Gasteiger partial charge in [0.25, 0.3) is 0 Å². The second kappa shape index (κ2) is 5.60. The molecule has 0 bridgehead atoms. The van der Waals surface area contributed by atoms with Gasteiger partial charge in [-0.1, -0.05) is 0 Å². The molecule has 0 aliphatic rings. The van der Waals surface area contributed by atoms with Crippen LogP contribution in [0.1, 0.15) is 0 Å². The topological polar surface area (TPSA) is 86.3 Å². The fourth-order valence-corrected chi connectivity index (χ4v) is 3.12. The molecule has 6 nitrogen and oxygen atoms in total. The molecule has 2 rings (SSSR count). The predicted octanol–water partition coefficient (Wildman–Crippen LogP) is 1.16. The summed E-state index contributed by atoms with van der Waals surface area (Å²) in [5.74, 6) is 0. The monoisotopic (exact) mass is 324 g/mol. The molecule has 96 valence electrons. The molecule has 0 aliphatic carbocycles. The van der Waals surface area contributed by atoms with Crippen LogP contribution < -0.4 is 8.92 Å². The van der Waals surface area contributed by atoms with E-state index in [9.17, 15) is 20.2 Å². The first-order valence-corrected chi connectivity index (χ1v) is 6.94. The summed E-state index contributed by atoms with van der Waals surface area (Å²) in [6.07, 6.45) is 0. The van der Waals surface area contributed by atoms with Gasteiger partial charge in [-0.3, -0.25) is 0 Å². The van der Waals surface area contributed by atoms with Crippen molar-refractivity contribution >= 4 is 35.3 Å². The van der Waals surface area contributed by atoms with Crippen LogP contribution in [0.3, 0.4) is 0 Å². The number of benzene rings is 2. The summed E-state index contributed by atoms with van der Waals surface area (Å²) in [6.45, 7) is 0. The van der Waals surface area contributed by atoms with Crippen molar-refractivity contribution < 1.29 is 9.85 Å². The second-order valence-electron chi connectivity index (χ2n) is 3.60. The Labute approximate surface area is 114 Å². The van der Waals surface area contributed by atoms with E-state index in [0.717, 1.165) is 8.92 Å². The van der Waals surface area contributed by atoms with Crippen LogP contribution in [-0.2, 0) is 0 Å². The molecule has 2 aromatic rings. The number of nitro benzene ring substituents is 2. The third-order valence-electron chi connectivity index (χ3n) is 2.33. The number of nitro groups is 2. The van der Waals surface area contributed by atoms with E-state index in [4.69, 9.17) is 0 Å². The standard InChI is InChI=1S/C12H8N2O4Se/c15-13(16)9-1-5-11(6-2-9)19-12-7-3-10(4-8-12)14(17)18/h1-8H. The molecular formula is C12H8N2O4Se. The first kappa shape index (κ1) is 13.2. The van der Waals surface area contributed by atoms with Crippen LogP contribution in [0.2, 0.25) is 0 Å². The van der Waals surface area contributed by atoms with Crippen LogP contribution in [0.5, 0.6) is 0 Å². The fraction of sp³-hybridized carbons (Fsp3) is 0. The van der Waals surface area contributed by atoms with Gasteiger partial charge < -0.3 is 0 Å². The molecular weight excluding hydrogens is 315 g/mol. The number of hydrogen-bond acceptors (Lipinski definition) is 4. The van der Waals surface area contributed by atoms with Gasteiger partial charge in [-0.25, -0.2) is 0 Å². The predicted molar refractivity (Wildman–Crippen MR) is 71.2 cm³/mol. The molecule has 0 N–H and O–H groups in total. The van der Waals surface area contributed by atoms with Gasteiger partial charge in [0.2, 0.25) is 0 Å². The van der Waals surface area contributed by atoms with E-state index < -0.39 is 9.85 Å². The van der Waals surface area contributed by atoms with Crippen LogP contribution in [0.15, 0.2) is 48.5 Å². The molecule has 0 saturated heterocycles. The van der Waals surface area contributed by atoms with Crippen molar-refractivity contribution in [2.24, 2.45) is 0 Å². The minimum absolute atomic E-state index is 0.0236. The normalized spacial score (nSPS) is 10.1. The van der Waals surface area contributed by atoms with Gasteiger partial charge in [0.15, 0.2) is 0 Å². The Balaban J connectivity index is 2.12. The molecule has 0 unspecified atom stereocenters. The van der Waals surface area contributed by atoms with E-state index in [1.54, 1.807) is 24.3 Å². The van der Waals surface area contributed by atoms with E-state index >= 15 is 0 Å². The first-order chi connectivity index (χ1) is 9.06. The Morgan fingerprint density at radius 3 is 1.26 bits per heavy atom. The van der Waals surface area contributed by atoms with Crippen molar-refractivity contribution in [1.29, 1.82) is 0 Å². The molecule has 2 aromatic carbocycles. The molecule has 0 saturated carbocycles. The van der Waals surface area contributed by atoms with Crippen LogP contribution in [-0.4, -0.2) is 24.8 Å². The average molecular weight is 323 g/mol. The van der Waals surface area contributed by atoms with Gasteiger partial charge in [0.05, 0.1) is 0 Å². The van der Waals surface area contributed by atoms with E-state index in [-0.39, 0.29) is 26.3 Å². The molecule has 0 atom stereocenters. The zero-order valence-electron chi connectivity index (χ0n) is 9.55. The van der Waals surface area contributed by atoms with Crippen LogP contribution in [0.4, 0.5) is 11.4 Å². The van der Waals surface area contributed by atoms with Gasteiger partial charge >= 0.3 is 114 Å². The fourth-order valence-electron chi connectivity index (χ4n) is 1.41. The van der Waals surface area contributed by atoms with Crippen molar-refractivity contribution in [3.8, 4) is 0 Å². The van der Waals surface area contributed by atoms with Crippen molar-refractivity contribution in [1.82, 2.24) is 0 Å². The first-order valence-electron chi connectivity index (χ1n) is 5.23. The van der Waals surface area contributed by atoms with Gasteiger partial charge in [-0.05, 0) is 0 Å². The van der Waals surface area contributed by atoms with Crippen molar-refractivity contribution in [3.05, 3.63) is 68.8 Å². The maximum absolute atomic E-state index is 10.5. The maximum atomic E-state index is 10.5. The molecule has 0 radical (unpaired) electrons. The Morgan fingerprint density at radius 1 is 0.684 bits per heavy atom. The van der Waals surface area contributed by atoms with E-state index in [0.29, 0.717) is 0 Å². The Morgan fingerprint density at radius 2 is 1.00 bits per heavy atom. The van der Waals surface area contributed by atoms with Crippen molar-refractivity contribution in [2.45, 2.75) is 0 Å². The number of hydrogen-bond donors (Lipinski definition) is 0. The van der Waals surface area contributed by atoms with Gasteiger partial charge in [-0.2, -0.15) is 0 Å². The summed E-state index contributed by atoms with van der Waals surface area (Å²) < 4.78 is 1.96. The molecule has 0 amide bonds. The van der Waals surface area contributed by atoms with Gasteiger partial charge in [0, 0.05) is 0 Å². The van der Waals surface area contributed by atoms with Crippen LogP contribution in [0.25, 0.3) is 0 Å². The molecule has 0 spiro atoms. The molecule has 0 aromatic heterocycles. The SMILES string of the molecule is O=[N+]([O-])c1ccc([Se]c2ccc([N+](=O)[O-])cc2)cc1. The average Bonchev–Trinajstić information content (AvgIpc) is 2.40. The summed E-state index contributed by atoms with van der Waals surface area (Å²) in [5, 5.41) is 21.0. The van der Waals surface area contributed by atoms with Crippen LogP contribution in [0, 0.1) is 20.2 Å². The van der Waals surface area contributed by atoms with Gasteiger partial charge in [0.1, 0.15) is 0 Å². The summed E-state index contributed by atoms with van der Waals surface area (Å²) in [6, 6.07) is 12.7. The third-order valence-corrected chi connectivity index (χ3v) is 4.46. The van der Waals surface area contributed by atoms with Crippen LogP contribution >= 0.6 is 0 Å². The summed E-state index contributed by atoms with van der Waals surface area (Å²) >= 11 is -0.0236. The molecule has 19 heavy (non-hydrogen) atoms. The Hall–Kier alpha value is -2.24. The molecule has 7 heteroatoms. The van der Waals surface area contributed by atoms with E-state index in [2.05, 4.69) is 0 Å². The summed E-state index contributed by atoms with van der Waals surface area (Å²) in [5.41, 5.74) is 0.117. The summed E-state index contributed by atoms with van der Waals surface area (Å²) in [7, 11) is 0. The molecule has 0 heterocycles. The Kier molecular flexibility index (Phi) is 3.89. The summed E-state index contributed by atoms with van der Waals surface area (Å²) in [4.78, 5) is 20.2. The quantitative estimate of drug-likeness (QED) is 0.480.